The number of benzodiazepines with no additional fused rings is 1. The lowest BCUT2D eigenvalue weighted by Gasteiger charge is -2.26. The second kappa shape index (κ2) is 10.3. The molecule has 3 aromatic rings. The Morgan fingerprint density at radius 1 is 1.03 bits per heavy atom. The number of carbonyl (C=O) groups is 2. The van der Waals surface area contributed by atoms with Crippen LogP contribution in [-0.4, -0.2) is 36.4 Å². The van der Waals surface area contributed by atoms with Gasteiger partial charge in [0.2, 0.25) is 12.1 Å². The van der Waals surface area contributed by atoms with Crippen LogP contribution in [0.1, 0.15) is 16.7 Å². The number of benzene rings is 3. The van der Waals surface area contributed by atoms with Crippen LogP contribution >= 0.6 is 23.2 Å². The molecule has 0 saturated carbocycles. The fraction of sp³-hybridized carbons (Fsp3) is 0.160. The van der Waals surface area contributed by atoms with Crippen molar-refractivity contribution in [2.75, 3.05) is 11.4 Å². The average Bonchev–Trinajstić information content (AvgIpc) is 2.91. The lowest BCUT2D eigenvalue weighted by Crippen LogP contribution is -2.50. The maximum absolute atomic E-state index is 13.5. The summed E-state index contributed by atoms with van der Waals surface area (Å²) in [4.78, 5) is 31.0. The summed E-state index contributed by atoms with van der Waals surface area (Å²) in [7, 11) is 0. The summed E-state index contributed by atoms with van der Waals surface area (Å²) >= 11 is 12.0. The molecule has 5 nitrogen and oxygen atoms in total. The van der Waals surface area contributed by atoms with Crippen molar-refractivity contribution in [1.29, 1.82) is 0 Å². The molecular formula is C25H17Cl2F4N3O2. The number of aliphatic imine (C=N–C) groups is 1. The number of halogens is 6. The number of nitrogens with one attached hydrogen (secondary N) is 1. The number of rotatable bonds is 5. The first-order chi connectivity index (χ1) is 17.0. The average molecular weight is 538 g/mol. The van der Waals surface area contributed by atoms with E-state index in [2.05, 4.69) is 10.3 Å². The molecule has 0 spiro atoms. The van der Waals surface area contributed by atoms with Crippen molar-refractivity contribution in [3.8, 4) is 0 Å². The van der Waals surface area contributed by atoms with Crippen LogP contribution in [0.4, 0.5) is 23.2 Å². The highest BCUT2D eigenvalue weighted by molar-refractivity contribution is 6.35. The summed E-state index contributed by atoms with van der Waals surface area (Å²) in [5.41, 5.74) is 1.06. The first-order valence-electron chi connectivity index (χ1n) is 10.6. The van der Waals surface area contributed by atoms with Gasteiger partial charge >= 0.3 is 6.18 Å². The van der Waals surface area contributed by atoms with E-state index in [9.17, 15) is 27.2 Å². The Kier molecular flexibility index (Phi) is 7.33. The maximum atomic E-state index is 13.5. The first-order valence-corrected chi connectivity index (χ1v) is 11.3. The third-order valence-corrected chi connectivity index (χ3v) is 5.91. The molecule has 11 heteroatoms. The molecule has 0 aromatic heterocycles. The highest BCUT2D eigenvalue weighted by Crippen LogP contribution is 2.31. The van der Waals surface area contributed by atoms with Crippen LogP contribution in [0.3, 0.4) is 0 Å². The van der Waals surface area contributed by atoms with E-state index in [1.807, 2.05) is 0 Å². The van der Waals surface area contributed by atoms with Crippen LogP contribution in [0.2, 0.25) is 10.0 Å². The van der Waals surface area contributed by atoms with Crippen molar-refractivity contribution in [2.45, 2.75) is 18.8 Å². The SMILES string of the molecule is O=C(Cc1ccc(Cl)cc1Cl)NC1N=C(c2ccc(F)cc2)c2ccccc2N(CC(F)(F)F)C1=O. The topological polar surface area (TPSA) is 61.8 Å². The van der Waals surface area contributed by atoms with Gasteiger partial charge in [0.05, 0.1) is 17.8 Å². The minimum absolute atomic E-state index is 0.0413. The fourth-order valence-electron chi connectivity index (χ4n) is 3.75. The molecule has 186 valence electrons. The van der Waals surface area contributed by atoms with Gasteiger partial charge in [0.15, 0.2) is 0 Å². The molecule has 0 saturated heterocycles. The largest absolute Gasteiger partial charge is 0.406 e. The fourth-order valence-corrected chi connectivity index (χ4v) is 4.22. The second-order valence-electron chi connectivity index (χ2n) is 7.92. The lowest BCUT2D eigenvalue weighted by molar-refractivity contribution is -0.134. The molecule has 1 aliphatic rings. The second-order valence-corrected chi connectivity index (χ2v) is 8.77. The molecule has 3 aromatic carbocycles. The van der Waals surface area contributed by atoms with E-state index in [0.29, 0.717) is 21.0 Å². The van der Waals surface area contributed by atoms with E-state index in [0.717, 1.165) is 12.1 Å². The van der Waals surface area contributed by atoms with E-state index in [1.54, 1.807) is 6.07 Å². The van der Waals surface area contributed by atoms with Gasteiger partial charge in [0, 0.05) is 21.2 Å². The molecule has 0 fully saturated rings. The number of hydrogen-bond donors (Lipinski definition) is 1. The highest BCUT2D eigenvalue weighted by atomic mass is 35.5. The summed E-state index contributed by atoms with van der Waals surface area (Å²) < 4.78 is 54.0. The molecule has 1 N–H and O–H groups in total. The number of anilines is 1. The third kappa shape index (κ3) is 5.85. The van der Waals surface area contributed by atoms with E-state index < -0.39 is 36.5 Å². The van der Waals surface area contributed by atoms with Gasteiger partial charge in [-0.15, -0.1) is 0 Å². The van der Waals surface area contributed by atoms with Crippen molar-refractivity contribution in [2.24, 2.45) is 4.99 Å². The Morgan fingerprint density at radius 2 is 1.72 bits per heavy atom. The molecule has 0 radical (unpaired) electrons. The molecule has 4 rings (SSSR count). The Bertz CT molecular complexity index is 1340. The summed E-state index contributed by atoms with van der Waals surface area (Å²) in [5.74, 6) is -2.30. The minimum atomic E-state index is -4.73. The molecule has 1 atom stereocenters. The van der Waals surface area contributed by atoms with Gasteiger partial charge in [-0.25, -0.2) is 9.38 Å². The normalized spacial score (nSPS) is 15.7. The Morgan fingerprint density at radius 3 is 2.39 bits per heavy atom. The summed E-state index contributed by atoms with van der Waals surface area (Å²) in [6, 6.07) is 15.5. The van der Waals surface area contributed by atoms with Crippen LogP contribution in [0.5, 0.6) is 0 Å². The van der Waals surface area contributed by atoms with E-state index in [-0.39, 0.29) is 28.4 Å². The standard InChI is InChI=1S/C25H17Cl2F4N3O2/c26-16-8-5-15(19(27)12-16)11-21(35)32-23-24(36)34(13-25(29,30)31)20-4-2-1-3-18(20)22(33-23)14-6-9-17(28)10-7-14/h1-10,12,23H,11,13H2,(H,32,35). The number of hydrogen-bond acceptors (Lipinski definition) is 3. The minimum Gasteiger partial charge on any atom is -0.326 e. The molecule has 0 bridgehead atoms. The van der Waals surface area contributed by atoms with Gasteiger partial charge in [-0.2, -0.15) is 13.2 Å². The predicted molar refractivity (Wildman–Crippen MR) is 129 cm³/mol. The van der Waals surface area contributed by atoms with Gasteiger partial charge < -0.3 is 5.32 Å². The zero-order valence-corrected chi connectivity index (χ0v) is 19.8. The van der Waals surface area contributed by atoms with Crippen molar-refractivity contribution in [1.82, 2.24) is 5.32 Å². The van der Waals surface area contributed by atoms with E-state index in [1.165, 1.54) is 48.5 Å². The Hall–Kier alpha value is -3.43. The predicted octanol–water partition coefficient (Wildman–Crippen LogP) is 5.56. The van der Waals surface area contributed by atoms with Gasteiger partial charge in [-0.1, -0.05) is 47.5 Å². The van der Waals surface area contributed by atoms with Gasteiger partial charge in [0.1, 0.15) is 12.4 Å². The number of para-hydroxylation sites is 1. The smallest absolute Gasteiger partial charge is 0.326 e. The van der Waals surface area contributed by atoms with Crippen molar-refractivity contribution in [3.63, 3.8) is 0 Å². The molecule has 1 unspecified atom stereocenters. The van der Waals surface area contributed by atoms with Crippen LogP contribution in [-0.2, 0) is 16.0 Å². The quantitative estimate of drug-likeness (QED) is 0.433. The monoisotopic (exact) mass is 537 g/mol. The van der Waals surface area contributed by atoms with Gasteiger partial charge in [-0.3, -0.25) is 14.5 Å². The van der Waals surface area contributed by atoms with Crippen LogP contribution in [0.25, 0.3) is 0 Å². The summed E-state index contributed by atoms with van der Waals surface area (Å²) in [6.45, 7) is -1.59. The Balaban J connectivity index is 1.76. The number of fused-ring (bicyclic) bond motifs is 1. The number of nitrogens with zero attached hydrogens (tertiary/aromatic N) is 2. The van der Waals surface area contributed by atoms with Crippen LogP contribution in [0, 0.1) is 5.82 Å². The first kappa shape index (κ1) is 25.7. The summed E-state index contributed by atoms with van der Waals surface area (Å²) in [6.07, 6.45) is -6.68. The summed E-state index contributed by atoms with van der Waals surface area (Å²) in [5, 5.41) is 2.98. The zero-order chi connectivity index (χ0) is 26.0. The lowest BCUT2D eigenvalue weighted by atomic mass is 10.00. The third-order valence-electron chi connectivity index (χ3n) is 5.33. The molecule has 1 heterocycles. The maximum Gasteiger partial charge on any atom is 0.406 e. The van der Waals surface area contributed by atoms with Crippen LogP contribution in [0.15, 0.2) is 71.7 Å². The highest BCUT2D eigenvalue weighted by Gasteiger charge is 2.40. The van der Waals surface area contributed by atoms with E-state index in [4.69, 9.17) is 23.2 Å². The molecule has 2 amide bonds. The van der Waals surface area contributed by atoms with Crippen molar-refractivity contribution >= 4 is 46.4 Å². The number of carbonyl (C=O) groups excluding carboxylic acids is 2. The van der Waals surface area contributed by atoms with Crippen molar-refractivity contribution < 1.29 is 27.2 Å². The van der Waals surface area contributed by atoms with Gasteiger partial charge in [0.25, 0.3) is 5.91 Å². The number of amides is 2. The Labute approximate surface area is 213 Å². The van der Waals surface area contributed by atoms with Gasteiger partial charge in [-0.05, 0) is 48.0 Å². The van der Waals surface area contributed by atoms with E-state index >= 15 is 0 Å². The van der Waals surface area contributed by atoms with Crippen molar-refractivity contribution in [3.05, 3.63) is 99.3 Å². The molecular weight excluding hydrogens is 521 g/mol. The molecule has 1 aliphatic heterocycles. The molecule has 36 heavy (non-hydrogen) atoms. The zero-order valence-electron chi connectivity index (χ0n) is 18.3. The van der Waals surface area contributed by atoms with Crippen LogP contribution < -0.4 is 10.2 Å². The number of alkyl halides is 3. The molecule has 0 aliphatic carbocycles.